The van der Waals surface area contributed by atoms with Crippen LogP contribution in [0.4, 0.5) is 0 Å². The number of esters is 2. The van der Waals surface area contributed by atoms with E-state index in [2.05, 4.69) is 118 Å². The molecule has 342 valence electrons. The highest BCUT2D eigenvalue weighted by molar-refractivity contribution is 5.70. The monoisotopic (exact) mass is 833 g/mol. The van der Waals surface area contributed by atoms with E-state index in [-0.39, 0.29) is 25.2 Å². The number of hydrogen-bond acceptors (Lipinski definition) is 5. The lowest BCUT2D eigenvalue weighted by atomic mass is 10.1. The van der Waals surface area contributed by atoms with Gasteiger partial charge in [0, 0.05) is 19.4 Å². The van der Waals surface area contributed by atoms with Crippen molar-refractivity contribution in [3.63, 3.8) is 0 Å². The average molecular weight is 833 g/mol. The van der Waals surface area contributed by atoms with Crippen molar-refractivity contribution in [2.75, 3.05) is 19.8 Å². The Morgan fingerprint density at radius 2 is 0.783 bits per heavy atom. The van der Waals surface area contributed by atoms with Crippen LogP contribution >= 0.6 is 0 Å². The molecule has 0 bridgehead atoms. The molecule has 0 aromatic carbocycles. The summed E-state index contributed by atoms with van der Waals surface area (Å²) in [5, 5.41) is 0. The Hall–Kier alpha value is -3.18. The Labute approximate surface area is 371 Å². The Morgan fingerprint density at radius 1 is 0.383 bits per heavy atom. The van der Waals surface area contributed by atoms with Gasteiger partial charge in [-0.25, -0.2) is 0 Å². The highest BCUT2D eigenvalue weighted by Crippen LogP contribution is 2.12. The van der Waals surface area contributed by atoms with E-state index in [0.717, 1.165) is 103 Å². The molecule has 0 rings (SSSR count). The predicted molar refractivity (Wildman–Crippen MR) is 260 cm³/mol. The Kier molecular flexibility index (Phi) is 47.5. The predicted octanol–water partition coefficient (Wildman–Crippen LogP) is 16.7. The lowest BCUT2D eigenvalue weighted by Crippen LogP contribution is -2.30. The molecule has 0 aromatic heterocycles. The summed E-state index contributed by atoms with van der Waals surface area (Å²) < 4.78 is 17.3. The highest BCUT2D eigenvalue weighted by atomic mass is 16.6. The van der Waals surface area contributed by atoms with Crippen molar-refractivity contribution in [3.8, 4) is 0 Å². The van der Waals surface area contributed by atoms with Crippen molar-refractivity contribution in [1.29, 1.82) is 0 Å². The van der Waals surface area contributed by atoms with Crippen molar-refractivity contribution < 1.29 is 23.8 Å². The maximum absolute atomic E-state index is 12.8. The second kappa shape index (κ2) is 50.2. The summed E-state index contributed by atoms with van der Waals surface area (Å²) in [6, 6.07) is 0. The summed E-state index contributed by atoms with van der Waals surface area (Å²) in [6.45, 7) is 7.53. The lowest BCUT2D eigenvalue weighted by molar-refractivity contribution is -0.163. The van der Waals surface area contributed by atoms with Gasteiger partial charge in [-0.2, -0.15) is 0 Å². The van der Waals surface area contributed by atoms with Gasteiger partial charge in [0.2, 0.25) is 0 Å². The fraction of sp³-hybridized carbons (Fsp3) is 0.673. The van der Waals surface area contributed by atoms with E-state index in [9.17, 15) is 9.59 Å². The molecule has 1 unspecified atom stereocenters. The van der Waals surface area contributed by atoms with E-state index in [1.54, 1.807) is 0 Å². The highest BCUT2D eigenvalue weighted by Gasteiger charge is 2.17. The first-order chi connectivity index (χ1) is 29.6. The van der Waals surface area contributed by atoms with Crippen LogP contribution in [0.5, 0.6) is 0 Å². The minimum absolute atomic E-state index is 0.0487. The van der Waals surface area contributed by atoms with Crippen LogP contribution < -0.4 is 0 Å². The Bertz CT molecular complexity index is 1170. The normalized spacial score (nSPS) is 13.1. The van der Waals surface area contributed by atoms with Crippen LogP contribution in [-0.4, -0.2) is 37.9 Å². The number of unbranched alkanes of at least 4 members (excludes halogenated alkanes) is 17. The SMILES string of the molecule is CC/C=C\C/C=C\C/C=C\C/C=C\CCCCC(=O)OCC(COCCCCCCCC/C=C\C/C=C\CCC)OC(=O)CCCCCCC/C=C\C/C=C\CCCCC. The number of hydrogen-bond donors (Lipinski definition) is 0. The first-order valence-corrected chi connectivity index (χ1v) is 24.8. The van der Waals surface area contributed by atoms with Crippen LogP contribution in [0.15, 0.2) is 97.2 Å². The molecule has 0 aliphatic rings. The molecule has 0 amide bonds. The summed E-state index contributed by atoms with van der Waals surface area (Å²) in [6.07, 6.45) is 66.9. The van der Waals surface area contributed by atoms with Crippen molar-refractivity contribution in [2.24, 2.45) is 0 Å². The molecular formula is C55H92O5. The number of allylic oxidation sites excluding steroid dienone is 16. The molecule has 0 saturated carbocycles. The van der Waals surface area contributed by atoms with Crippen molar-refractivity contribution >= 4 is 11.9 Å². The summed E-state index contributed by atoms with van der Waals surface area (Å²) in [5.74, 6) is -0.472. The summed E-state index contributed by atoms with van der Waals surface area (Å²) in [4.78, 5) is 25.3. The van der Waals surface area contributed by atoms with Crippen LogP contribution in [0.2, 0.25) is 0 Å². The fourth-order valence-corrected chi connectivity index (χ4v) is 6.39. The van der Waals surface area contributed by atoms with Gasteiger partial charge in [0.15, 0.2) is 6.10 Å². The van der Waals surface area contributed by atoms with E-state index in [0.29, 0.717) is 19.4 Å². The third kappa shape index (κ3) is 47.5. The lowest BCUT2D eigenvalue weighted by Gasteiger charge is -2.18. The van der Waals surface area contributed by atoms with Gasteiger partial charge in [-0.3, -0.25) is 9.59 Å². The topological polar surface area (TPSA) is 61.8 Å². The molecule has 0 N–H and O–H groups in total. The van der Waals surface area contributed by atoms with Gasteiger partial charge < -0.3 is 14.2 Å². The number of carbonyl (C=O) groups is 2. The van der Waals surface area contributed by atoms with Gasteiger partial charge in [-0.15, -0.1) is 0 Å². The summed E-state index contributed by atoms with van der Waals surface area (Å²) >= 11 is 0. The van der Waals surface area contributed by atoms with Crippen LogP contribution in [0.25, 0.3) is 0 Å². The van der Waals surface area contributed by atoms with Gasteiger partial charge in [-0.1, -0.05) is 182 Å². The van der Waals surface area contributed by atoms with E-state index >= 15 is 0 Å². The first-order valence-electron chi connectivity index (χ1n) is 24.8. The van der Waals surface area contributed by atoms with E-state index < -0.39 is 6.10 Å². The third-order valence-corrected chi connectivity index (χ3v) is 10.1. The van der Waals surface area contributed by atoms with Crippen molar-refractivity contribution in [2.45, 2.75) is 219 Å². The minimum Gasteiger partial charge on any atom is -0.462 e. The maximum atomic E-state index is 12.8. The van der Waals surface area contributed by atoms with Gasteiger partial charge in [0.25, 0.3) is 0 Å². The van der Waals surface area contributed by atoms with E-state index in [1.165, 1.54) is 77.0 Å². The molecule has 0 aromatic rings. The number of carbonyl (C=O) groups excluding carboxylic acids is 2. The van der Waals surface area contributed by atoms with Crippen molar-refractivity contribution in [1.82, 2.24) is 0 Å². The third-order valence-electron chi connectivity index (χ3n) is 10.1. The standard InChI is InChI=1S/C55H92O5/c1-4-7-10-13-16-19-22-25-28-30-33-36-39-42-45-48-54(56)59-52-53(51-58-50-47-44-41-38-35-32-27-24-21-18-15-12-9-6-3)60-55(57)49-46-43-40-37-34-31-29-26-23-20-17-14-11-8-5-2/h7,10,12,15-17,19-21,24-26,28-29,33,36,53H,4-6,8-9,11,13-14,18,22-23,27,30-32,34-35,37-52H2,1-3H3/b10-7-,15-12-,19-16-,20-17-,24-21-,28-25-,29-26-,36-33-. The molecule has 0 fully saturated rings. The summed E-state index contributed by atoms with van der Waals surface area (Å²) in [7, 11) is 0. The van der Waals surface area contributed by atoms with Crippen LogP contribution in [0.1, 0.15) is 213 Å². The van der Waals surface area contributed by atoms with Gasteiger partial charge in [0.05, 0.1) is 6.61 Å². The first kappa shape index (κ1) is 56.8. The second-order valence-electron chi connectivity index (χ2n) is 16.0. The zero-order chi connectivity index (χ0) is 43.5. The molecule has 0 spiro atoms. The Balaban J connectivity index is 4.40. The van der Waals surface area contributed by atoms with E-state index in [4.69, 9.17) is 14.2 Å². The minimum atomic E-state index is -0.570. The molecule has 5 nitrogen and oxygen atoms in total. The molecular weight excluding hydrogens is 741 g/mol. The molecule has 0 aliphatic carbocycles. The van der Waals surface area contributed by atoms with Crippen molar-refractivity contribution in [3.05, 3.63) is 97.2 Å². The van der Waals surface area contributed by atoms with Gasteiger partial charge in [0.1, 0.15) is 6.61 Å². The largest absolute Gasteiger partial charge is 0.462 e. The van der Waals surface area contributed by atoms with Crippen LogP contribution in [-0.2, 0) is 23.8 Å². The number of rotatable bonds is 44. The van der Waals surface area contributed by atoms with Crippen LogP contribution in [0.3, 0.4) is 0 Å². The molecule has 60 heavy (non-hydrogen) atoms. The maximum Gasteiger partial charge on any atom is 0.306 e. The molecule has 0 saturated heterocycles. The number of ether oxygens (including phenoxy) is 3. The smallest absolute Gasteiger partial charge is 0.306 e. The molecule has 0 radical (unpaired) electrons. The van der Waals surface area contributed by atoms with Crippen LogP contribution in [0, 0.1) is 0 Å². The molecule has 0 heterocycles. The molecule has 5 heteroatoms. The zero-order valence-electron chi connectivity index (χ0n) is 39.2. The molecule has 0 aliphatic heterocycles. The Morgan fingerprint density at radius 3 is 1.30 bits per heavy atom. The average Bonchev–Trinajstić information content (AvgIpc) is 3.25. The van der Waals surface area contributed by atoms with Gasteiger partial charge in [-0.05, 0) is 116 Å². The zero-order valence-corrected chi connectivity index (χ0v) is 39.2. The quantitative estimate of drug-likeness (QED) is 0.0348. The summed E-state index contributed by atoms with van der Waals surface area (Å²) in [5.41, 5.74) is 0. The van der Waals surface area contributed by atoms with E-state index in [1.807, 2.05) is 0 Å². The second-order valence-corrected chi connectivity index (χ2v) is 16.0. The fourth-order valence-electron chi connectivity index (χ4n) is 6.39. The molecule has 1 atom stereocenters. The van der Waals surface area contributed by atoms with Gasteiger partial charge >= 0.3 is 11.9 Å².